The number of hydrogen-bond donors (Lipinski definition) is 4. The number of thiazole rings is 1. The minimum atomic E-state index is -4.40. The van der Waals surface area contributed by atoms with Gasteiger partial charge >= 0.3 is 16.4 Å². The topological polar surface area (TPSA) is 147 Å². The second-order valence-corrected chi connectivity index (χ2v) is 11.3. The molecule has 2 aromatic carbocycles. The summed E-state index contributed by atoms with van der Waals surface area (Å²) in [4.78, 5) is 30.3. The Labute approximate surface area is 234 Å². The zero-order valence-corrected chi connectivity index (χ0v) is 23.2. The quantitative estimate of drug-likeness (QED) is 0.190. The lowest BCUT2D eigenvalue weighted by Gasteiger charge is -2.22. The molecule has 0 saturated heterocycles. The number of aromatic nitrogens is 1. The van der Waals surface area contributed by atoms with Gasteiger partial charge in [-0.1, -0.05) is 42.5 Å². The summed E-state index contributed by atoms with van der Waals surface area (Å²) in [5.74, 6) is -0.411. The fourth-order valence-electron chi connectivity index (χ4n) is 3.82. The first kappa shape index (κ1) is 28.2. The molecular weight excluding hydrogens is 561 g/mol. The van der Waals surface area contributed by atoms with Gasteiger partial charge < -0.3 is 15.4 Å². The Kier molecular flexibility index (Phi) is 9.30. The summed E-state index contributed by atoms with van der Waals surface area (Å²) >= 11 is 2.96. The molecule has 0 bridgehead atoms. The standard InChI is InChI=1S/C26H26N4O6S3/c1-36-26(32)29-21(13-17-5-3-2-4-6-17)24(31)27-22(25-28-23(16-38-25)19-11-12-37-15-19)14-18-7-9-20(10-8-18)30-39(33,34)35/h2-12,15-16,21-22,30H,13-14H2,1H3,(H,27,31)(H,29,32)(H,33,34,35). The Morgan fingerprint density at radius 3 is 2.33 bits per heavy atom. The molecule has 4 N–H and O–H groups in total. The summed E-state index contributed by atoms with van der Waals surface area (Å²) in [6.45, 7) is 0. The van der Waals surface area contributed by atoms with Gasteiger partial charge in [-0.05, 0) is 41.1 Å². The molecule has 2 aromatic heterocycles. The molecule has 2 amide bonds. The maximum atomic E-state index is 13.5. The number of ether oxygens (including phenoxy) is 1. The number of nitrogens with zero attached hydrogens (tertiary/aromatic N) is 1. The third kappa shape index (κ3) is 8.35. The molecule has 0 aliphatic heterocycles. The molecule has 2 heterocycles. The third-order valence-electron chi connectivity index (χ3n) is 5.67. The average Bonchev–Trinajstić information content (AvgIpc) is 3.61. The Morgan fingerprint density at radius 2 is 1.69 bits per heavy atom. The SMILES string of the molecule is COC(=O)NC(Cc1ccccc1)C(=O)NC(Cc1ccc(NS(=O)(=O)O)cc1)c1nc(-c2ccsc2)cs1. The molecule has 4 aromatic rings. The first-order valence-electron chi connectivity index (χ1n) is 11.7. The van der Waals surface area contributed by atoms with Crippen LogP contribution < -0.4 is 15.4 Å². The molecule has 0 fully saturated rings. The highest BCUT2D eigenvalue weighted by Gasteiger charge is 2.26. The molecule has 39 heavy (non-hydrogen) atoms. The van der Waals surface area contributed by atoms with Gasteiger partial charge in [0.25, 0.3) is 0 Å². The van der Waals surface area contributed by atoms with Crippen molar-refractivity contribution < 1.29 is 27.3 Å². The lowest BCUT2D eigenvalue weighted by molar-refractivity contribution is -0.123. The number of carbonyl (C=O) groups is 2. The number of anilines is 1. The van der Waals surface area contributed by atoms with Crippen molar-refractivity contribution in [3.8, 4) is 11.3 Å². The number of methoxy groups -OCH3 is 1. The Balaban J connectivity index is 1.59. The minimum absolute atomic E-state index is 0.195. The van der Waals surface area contributed by atoms with Crippen LogP contribution in [0.1, 0.15) is 22.2 Å². The van der Waals surface area contributed by atoms with Crippen LogP contribution >= 0.6 is 22.7 Å². The van der Waals surface area contributed by atoms with E-state index in [-0.39, 0.29) is 12.1 Å². The van der Waals surface area contributed by atoms with Crippen LogP contribution in [0, 0.1) is 0 Å². The maximum absolute atomic E-state index is 13.5. The van der Waals surface area contributed by atoms with Crippen molar-refractivity contribution in [2.75, 3.05) is 11.8 Å². The highest BCUT2D eigenvalue weighted by atomic mass is 32.2. The van der Waals surface area contributed by atoms with Crippen molar-refractivity contribution >= 4 is 50.7 Å². The molecule has 204 valence electrons. The summed E-state index contributed by atoms with van der Waals surface area (Å²) in [6, 6.07) is 16.2. The highest BCUT2D eigenvalue weighted by Crippen LogP contribution is 2.29. The van der Waals surface area contributed by atoms with Gasteiger partial charge in [0.15, 0.2) is 0 Å². The van der Waals surface area contributed by atoms with E-state index in [9.17, 15) is 18.0 Å². The van der Waals surface area contributed by atoms with Gasteiger partial charge in [-0.3, -0.25) is 14.1 Å². The lowest BCUT2D eigenvalue weighted by atomic mass is 10.0. The number of alkyl carbamates (subject to hydrolysis) is 1. The molecule has 0 aliphatic carbocycles. The van der Waals surface area contributed by atoms with E-state index in [2.05, 4.69) is 10.6 Å². The van der Waals surface area contributed by atoms with E-state index in [1.807, 2.05) is 57.3 Å². The molecule has 0 radical (unpaired) electrons. The van der Waals surface area contributed by atoms with Crippen LogP contribution in [-0.4, -0.2) is 43.1 Å². The normalized spacial score (nSPS) is 12.8. The molecular formula is C26H26N4O6S3. The van der Waals surface area contributed by atoms with Gasteiger partial charge in [-0.15, -0.1) is 11.3 Å². The molecule has 10 nitrogen and oxygen atoms in total. The summed E-state index contributed by atoms with van der Waals surface area (Å²) in [5.41, 5.74) is 3.61. The molecule has 13 heteroatoms. The van der Waals surface area contributed by atoms with Crippen molar-refractivity contribution in [1.29, 1.82) is 0 Å². The Hall–Kier alpha value is -3.78. The van der Waals surface area contributed by atoms with E-state index in [0.717, 1.165) is 22.4 Å². The molecule has 0 aliphatic rings. The van der Waals surface area contributed by atoms with Crippen molar-refractivity contribution in [3.05, 3.63) is 92.9 Å². The summed E-state index contributed by atoms with van der Waals surface area (Å²) in [5, 5.41) is 12.2. The highest BCUT2D eigenvalue weighted by molar-refractivity contribution is 7.87. The van der Waals surface area contributed by atoms with Crippen LogP contribution in [-0.2, 0) is 32.7 Å². The zero-order valence-electron chi connectivity index (χ0n) is 20.7. The van der Waals surface area contributed by atoms with Crippen LogP contribution in [0.4, 0.5) is 10.5 Å². The number of benzene rings is 2. The second kappa shape index (κ2) is 12.8. The van der Waals surface area contributed by atoms with Crippen LogP contribution in [0.3, 0.4) is 0 Å². The van der Waals surface area contributed by atoms with E-state index in [4.69, 9.17) is 14.3 Å². The van der Waals surface area contributed by atoms with Crippen LogP contribution in [0.25, 0.3) is 11.3 Å². The fraction of sp³-hybridized carbons (Fsp3) is 0.192. The Bertz CT molecular complexity index is 1490. The van der Waals surface area contributed by atoms with E-state index in [1.54, 1.807) is 23.5 Å². The fourth-order valence-corrected chi connectivity index (χ4v) is 5.78. The number of rotatable bonds is 11. The predicted octanol–water partition coefficient (Wildman–Crippen LogP) is 4.45. The van der Waals surface area contributed by atoms with Gasteiger partial charge in [0.2, 0.25) is 5.91 Å². The van der Waals surface area contributed by atoms with Crippen molar-refractivity contribution in [3.63, 3.8) is 0 Å². The largest absolute Gasteiger partial charge is 0.453 e. The Morgan fingerprint density at radius 1 is 0.974 bits per heavy atom. The third-order valence-corrected chi connectivity index (χ3v) is 7.81. The van der Waals surface area contributed by atoms with Crippen molar-refractivity contribution in [2.45, 2.75) is 24.9 Å². The van der Waals surface area contributed by atoms with Gasteiger partial charge in [-0.2, -0.15) is 19.8 Å². The summed E-state index contributed by atoms with van der Waals surface area (Å²) < 4.78 is 38.0. The van der Waals surface area contributed by atoms with Crippen molar-refractivity contribution in [1.82, 2.24) is 15.6 Å². The number of carbonyl (C=O) groups excluding carboxylic acids is 2. The van der Waals surface area contributed by atoms with Crippen molar-refractivity contribution in [2.24, 2.45) is 0 Å². The lowest BCUT2D eigenvalue weighted by Crippen LogP contribution is -2.49. The van der Waals surface area contributed by atoms with Gasteiger partial charge in [0, 0.05) is 22.7 Å². The smallest absolute Gasteiger partial charge is 0.407 e. The second-order valence-electron chi connectivity index (χ2n) is 8.50. The number of thiophene rings is 1. The van der Waals surface area contributed by atoms with E-state index in [1.165, 1.54) is 30.6 Å². The molecule has 0 saturated carbocycles. The predicted molar refractivity (Wildman–Crippen MR) is 151 cm³/mol. The van der Waals surface area contributed by atoms with Crippen LogP contribution in [0.2, 0.25) is 0 Å². The first-order valence-corrected chi connectivity index (χ1v) is 15.0. The van der Waals surface area contributed by atoms with Gasteiger partial charge in [0.1, 0.15) is 11.0 Å². The number of amides is 2. The minimum Gasteiger partial charge on any atom is -0.453 e. The maximum Gasteiger partial charge on any atom is 0.407 e. The van der Waals surface area contributed by atoms with Crippen LogP contribution in [0.5, 0.6) is 0 Å². The number of hydrogen-bond acceptors (Lipinski definition) is 8. The monoisotopic (exact) mass is 586 g/mol. The molecule has 2 unspecified atom stereocenters. The van der Waals surface area contributed by atoms with Gasteiger partial charge in [-0.25, -0.2) is 9.78 Å². The zero-order chi connectivity index (χ0) is 27.8. The van der Waals surface area contributed by atoms with Gasteiger partial charge in [0.05, 0.1) is 24.5 Å². The first-order chi connectivity index (χ1) is 18.7. The average molecular weight is 587 g/mol. The molecule has 4 rings (SSSR count). The summed E-state index contributed by atoms with van der Waals surface area (Å²) in [6.07, 6.45) is -0.133. The molecule has 2 atom stereocenters. The van der Waals surface area contributed by atoms with E-state index in [0.29, 0.717) is 11.4 Å². The molecule has 0 spiro atoms. The van der Waals surface area contributed by atoms with E-state index < -0.39 is 34.4 Å². The summed E-state index contributed by atoms with van der Waals surface area (Å²) in [7, 11) is -3.16. The number of nitrogens with one attached hydrogen (secondary N) is 3. The van der Waals surface area contributed by atoms with Crippen LogP contribution in [0.15, 0.2) is 76.8 Å². The van der Waals surface area contributed by atoms with E-state index >= 15 is 0 Å².